The summed E-state index contributed by atoms with van der Waals surface area (Å²) in [6.45, 7) is 6.13. The summed E-state index contributed by atoms with van der Waals surface area (Å²) in [6, 6.07) is 0.910. The van der Waals surface area contributed by atoms with Crippen molar-refractivity contribution in [3.8, 4) is 0 Å². The summed E-state index contributed by atoms with van der Waals surface area (Å²) in [5, 5.41) is 0. The SMILES string of the molecule is CCC1CCC2(C3CC4CC(C3)CC2C4)N1CC. The predicted molar refractivity (Wildman–Crippen MR) is 75.5 cm³/mol. The van der Waals surface area contributed by atoms with E-state index in [-0.39, 0.29) is 0 Å². The lowest BCUT2D eigenvalue weighted by Crippen LogP contribution is -2.64. The lowest BCUT2D eigenvalue weighted by Gasteiger charge is -2.63. The van der Waals surface area contributed by atoms with E-state index >= 15 is 0 Å². The van der Waals surface area contributed by atoms with Gasteiger partial charge in [-0.05, 0) is 81.6 Å². The molecule has 1 nitrogen and oxygen atoms in total. The van der Waals surface area contributed by atoms with E-state index in [2.05, 4.69) is 18.7 Å². The summed E-state index contributed by atoms with van der Waals surface area (Å²) >= 11 is 0. The maximum atomic E-state index is 2.99. The van der Waals surface area contributed by atoms with Crippen LogP contribution in [-0.4, -0.2) is 23.0 Å². The number of likely N-dealkylation sites (tertiary alicyclic amines) is 1. The normalized spacial score (nSPS) is 54.7. The molecule has 1 saturated heterocycles. The second-order valence-corrected chi connectivity index (χ2v) is 7.68. The van der Waals surface area contributed by atoms with Crippen molar-refractivity contribution in [1.29, 1.82) is 0 Å². The van der Waals surface area contributed by atoms with Gasteiger partial charge < -0.3 is 0 Å². The second-order valence-electron chi connectivity index (χ2n) is 7.68. The fraction of sp³-hybridized carbons (Fsp3) is 1.00. The first-order valence-corrected chi connectivity index (χ1v) is 8.54. The molecule has 102 valence electrons. The standard InChI is InChI=1S/C17H29N/c1-3-16-5-6-17(18(16)4-2)14-8-12-7-13(10-14)11-15(17)9-12/h12-16H,3-11H2,1-2H3. The average Bonchev–Trinajstić information content (AvgIpc) is 2.74. The molecular weight excluding hydrogens is 218 g/mol. The molecule has 0 aromatic heterocycles. The van der Waals surface area contributed by atoms with Gasteiger partial charge >= 0.3 is 0 Å². The highest BCUT2D eigenvalue weighted by atomic mass is 15.3. The van der Waals surface area contributed by atoms with Gasteiger partial charge in [0, 0.05) is 11.6 Å². The Bertz CT molecular complexity index is 307. The Hall–Kier alpha value is -0.0400. The van der Waals surface area contributed by atoms with Crippen LogP contribution in [0.5, 0.6) is 0 Å². The molecule has 0 amide bonds. The predicted octanol–water partition coefficient (Wildman–Crippen LogP) is 4.08. The summed E-state index contributed by atoms with van der Waals surface area (Å²) in [7, 11) is 0. The zero-order valence-corrected chi connectivity index (χ0v) is 12.2. The molecule has 4 saturated carbocycles. The van der Waals surface area contributed by atoms with Crippen LogP contribution in [0.4, 0.5) is 0 Å². The van der Waals surface area contributed by atoms with E-state index in [0.717, 1.165) is 29.7 Å². The molecule has 0 radical (unpaired) electrons. The summed E-state index contributed by atoms with van der Waals surface area (Å²) in [5.74, 6) is 4.39. The maximum Gasteiger partial charge on any atom is 0.0269 e. The molecule has 4 bridgehead atoms. The van der Waals surface area contributed by atoms with Gasteiger partial charge in [-0.3, -0.25) is 4.90 Å². The second kappa shape index (κ2) is 3.98. The fourth-order valence-electron chi connectivity index (χ4n) is 6.89. The fourth-order valence-corrected chi connectivity index (χ4v) is 6.89. The van der Waals surface area contributed by atoms with E-state index in [1.165, 1.54) is 25.8 Å². The van der Waals surface area contributed by atoms with Crippen LogP contribution in [0.25, 0.3) is 0 Å². The number of hydrogen-bond acceptors (Lipinski definition) is 1. The molecule has 18 heavy (non-hydrogen) atoms. The minimum absolute atomic E-state index is 0.669. The maximum absolute atomic E-state index is 2.99. The minimum Gasteiger partial charge on any atom is -0.294 e. The van der Waals surface area contributed by atoms with Crippen LogP contribution in [0.2, 0.25) is 0 Å². The van der Waals surface area contributed by atoms with Gasteiger partial charge in [-0.1, -0.05) is 13.8 Å². The van der Waals surface area contributed by atoms with Crippen LogP contribution in [0.15, 0.2) is 0 Å². The zero-order valence-electron chi connectivity index (χ0n) is 12.2. The molecular formula is C17H29N. The van der Waals surface area contributed by atoms with Crippen LogP contribution >= 0.6 is 0 Å². The first-order chi connectivity index (χ1) is 8.77. The Morgan fingerprint density at radius 1 is 0.944 bits per heavy atom. The molecule has 5 rings (SSSR count). The van der Waals surface area contributed by atoms with Crippen molar-refractivity contribution >= 4 is 0 Å². The zero-order chi connectivity index (χ0) is 12.3. The third-order valence-electron chi connectivity index (χ3n) is 7.22. The number of hydrogen-bond donors (Lipinski definition) is 0. The summed E-state index contributed by atoms with van der Waals surface area (Å²) in [4.78, 5) is 2.99. The van der Waals surface area contributed by atoms with Gasteiger partial charge in [0.2, 0.25) is 0 Å². The topological polar surface area (TPSA) is 3.24 Å². The molecule has 0 N–H and O–H groups in total. The van der Waals surface area contributed by atoms with Crippen LogP contribution in [0.3, 0.4) is 0 Å². The number of rotatable bonds is 2. The monoisotopic (exact) mass is 247 g/mol. The largest absolute Gasteiger partial charge is 0.294 e. The molecule has 1 unspecified atom stereocenters. The molecule has 1 spiro atoms. The smallest absolute Gasteiger partial charge is 0.0269 e. The van der Waals surface area contributed by atoms with E-state index < -0.39 is 0 Å². The van der Waals surface area contributed by atoms with Crippen molar-refractivity contribution in [1.82, 2.24) is 4.90 Å². The first kappa shape index (κ1) is 11.8. The highest BCUT2D eigenvalue weighted by molar-refractivity contribution is 5.15. The molecule has 1 aliphatic heterocycles. The highest BCUT2D eigenvalue weighted by Crippen LogP contribution is 2.63. The van der Waals surface area contributed by atoms with Crippen molar-refractivity contribution in [2.24, 2.45) is 23.7 Å². The third-order valence-corrected chi connectivity index (χ3v) is 7.22. The van der Waals surface area contributed by atoms with Crippen molar-refractivity contribution in [2.75, 3.05) is 6.54 Å². The van der Waals surface area contributed by atoms with Gasteiger partial charge in [-0.2, -0.15) is 0 Å². The highest BCUT2D eigenvalue weighted by Gasteiger charge is 2.61. The molecule has 0 aromatic carbocycles. The van der Waals surface area contributed by atoms with Crippen molar-refractivity contribution in [2.45, 2.75) is 76.8 Å². The van der Waals surface area contributed by atoms with Gasteiger partial charge in [0.15, 0.2) is 0 Å². The Labute approximate surface area is 112 Å². The molecule has 1 atom stereocenters. The average molecular weight is 247 g/mol. The minimum atomic E-state index is 0.669. The van der Waals surface area contributed by atoms with Crippen LogP contribution in [0, 0.1) is 23.7 Å². The molecule has 1 heteroatoms. The van der Waals surface area contributed by atoms with E-state index in [9.17, 15) is 0 Å². The van der Waals surface area contributed by atoms with E-state index in [1.807, 2.05) is 0 Å². The van der Waals surface area contributed by atoms with Crippen molar-refractivity contribution in [3.63, 3.8) is 0 Å². The van der Waals surface area contributed by atoms with E-state index in [4.69, 9.17) is 0 Å². The van der Waals surface area contributed by atoms with Gasteiger partial charge in [0.25, 0.3) is 0 Å². The van der Waals surface area contributed by atoms with E-state index in [0.29, 0.717) is 5.54 Å². The molecule has 1 heterocycles. The summed E-state index contributed by atoms with van der Waals surface area (Å²) in [5.41, 5.74) is 0.669. The Kier molecular flexibility index (Phi) is 2.60. The Balaban J connectivity index is 1.70. The van der Waals surface area contributed by atoms with Gasteiger partial charge in [-0.25, -0.2) is 0 Å². The first-order valence-electron chi connectivity index (χ1n) is 8.54. The van der Waals surface area contributed by atoms with Crippen LogP contribution in [0.1, 0.15) is 65.2 Å². The summed E-state index contributed by atoms with van der Waals surface area (Å²) < 4.78 is 0. The van der Waals surface area contributed by atoms with Gasteiger partial charge in [0.1, 0.15) is 0 Å². The Morgan fingerprint density at radius 3 is 2.06 bits per heavy atom. The molecule has 5 fully saturated rings. The third kappa shape index (κ3) is 1.32. The van der Waals surface area contributed by atoms with Crippen LogP contribution < -0.4 is 0 Å². The van der Waals surface area contributed by atoms with Crippen LogP contribution in [-0.2, 0) is 0 Å². The summed E-state index contributed by atoms with van der Waals surface area (Å²) in [6.07, 6.45) is 12.3. The van der Waals surface area contributed by atoms with Crippen molar-refractivity contribution in [3.05, 3.63) is 0 Å². The van der Waals surface area contributed by atoms with Gasteiger partial charge in [0.05, 0.1) is 0 Å². The lowest BCUT2D eigenvalue weighted by atomic mass is 9.48. The lowest BCUT2D eigenvalue weighted by molar-refractivity contribution is -0.125. The quantitative estimate of drug-likeness (QED) is 0.711. The van der Waals surface area contributed by atoms with Crippen molar-refractivity contribution < 1.29 is 0 Å². The number of nitrogens with zero attached hydrogens (tertiary/aromatic N) is 1. The van der Waals surface area contributed by atoms with Gasteiger partial charge in [-0.15, -0.1) is 0 Å². The molecule has 4 aliphatic carbocycles. The van der Waals surface area contributed by atoms with E-state index in [1.54, 1.807) is 32.1 Å². The molecule has 0 aromatic rings. The Morgan fingerprint density at radius 2 is 1.56 bits per heavy atom. The molecule has 5 aliphatic rings.